The fourth-order valence-corrected chi connectivity index (χ4v) is 2.19. The minimum absolute atomic E-state index is 0.210. The first-order chi connectivity index (χ1) is 10.7. The summed E-state index contributed by atoms with van der Waals surface area (Å²) < 4.78 is 10.7. The second-order valence-corrected chi connectivity index (χ2v) is 5.07. The number of rotatable bonds is 5. The molecule has 4 heteroatoms. The molecule has 0 spiro atoms. The predicted octanol–water partition coefficient (Wildman–Crippen LogP) is 3.71. The van der Waals surface area contributed by atoms with Crippen LogP contribution < -0.4 is 4.74 Å². The average Bonchev–Trinajstić information content (AvgIpc) is 2.97. The van der Waals surface area contributed by atoms with Gasteiger partial charge in [0.1, 0.15) is 24.7 Å². The summed E-state index contributed by atoms with van der Waals surface area (Å²) in [4.78, 5) is 15.0. The number of carbonyl (C=O) groups is 1. The average molecular weight is 295 g/mol. The molecule has 0 radical (unpaired) electrons. The van der Waals surface area contributed by atoms with Crippen molar-refractivity contribution in [3.8, 4) is 5.75 Å². The standard InChI is InChI=1S/C18H17NO3/c1-13-6-8-15(9-7-13)21-10-11-22-18(20)17-12-14-4-2-3-5-16(14)19-17/h2-9,12,19H,10-11H2,1H3. The van der Waals surface area contributed by atoms with E-state index < -0.39 is 0 Å². The zero-order valence-electron chi connectivity index (χ0n) is 12.3. The summed E-state index contributed by atoms with van der Waals surface area (Å²) in [5.74, 6) is 0.399. The Morgan fingerprint density at radius 3 is 2.59 bits per heavy atom. The number of benzene rings is 2. The molecule has 4 nitrogen and oxygen atoms in total. The van der Waals surface area contributed by atoms with Crippen LogP contribution in [0.5, 0.6) is 5.75 Å². The highest BCUT2D eigenvalue weighted by atomic mass is 16.6. The minimum Gasteiger partial charge on any atom is -0.490 e. The van der Waals surface area contributed by atoms with Crippen LogP contribution in [-0.2, 0) is 4.74 Å². The highest BCUT2D eigenvalue weighted by Gasteiger charge is 2.10. The highest BCUT2D eigenvalue weighted by Crippen LogP contribution is 2.15. The Morgan fingerprint density at radius 2 is 1.82 bits per heavy atom. The molecular formula is C18H17NO3. The Morgan fingerprint density at radius 1 is 1.05 bits per heavy atom. The molecular weight excluding hydrogens is 278 g/mol. The zero-order chi connectivity index (χ0) is 15.4. The fraction of sp³-hybridized carbons (Fsp3) is 0.167. The van der Waals surface area contributed by atoms with Crippen molar-refractivity contribution < 1.29 is 14.3 Å². The highest BCUT2D eigenvalue weighted by molar-refractivity contribution is 5.94. The molecule has 3 rings (SSSR count). The van der Waals surface area contributed by atoms with Crippen molar-refractivity contribution in [3.05, 3.63) is 65.9 Å². The molecule has 0 fully saturated rings. The van der Waals surface area contributed by atoms with Gasteiger partial charge in [-0.2, -0.15) is 0 Å². The molecule has 1 N–H and O–H groups in total. The molecule has 0 unspecified atom stereocenters. The van der Waals surface area contributed by atoms with E-state index in [4.69, 9.17) is 9.47 Å². The monoisotopic (exact) mass is 295 g/mol. The number of fused-ring (bicyclic) bond motifs is 1. The molecule has 0 bridgehead atoms. The topological polar surface area (TPSA) is 51.3 Å². The molecule has 0 amide bonds. The van der Waals surface area contributed by atoms with Crippen LogP contribution in [0, 0.1) is 6.92 Å². The van der Waals surface area contributed by atoms with Gasteiger partial charge in [0.2, 0.25) is 0 Å². The first kappa shape index (κ1) is 14.2. The molecule has 0 aliphatic carbocycles. The lowest BCUT2D eigenvalue weighted by Gasteiger charge is -2.07. The first-order valence-corrected chi connectivity index (χ1v) is 7.17. The van der Waals surface area contributed by atoms with Crippen molar-refractivity contribution in [2.75, 3.05) is 13.2 Å². The lowest BCUT2D eigenvalue weighted by Crippen LogP contribution is -2.12. The molecule has 0 atom stereocenters. The lowest BCUT2D eigenvalue weighted by atomic mass is 10.2. The fourth-order valence-electron chi connectivity index (χ4n) is 2.19. The van der Waals surface area contributed by atoms with Gasteiger partial charge in [0.25, 0.3) is 0 Å². The van der Waals surface area contributed by atoms with Crippen molar-refractivity contribution in [1.82, 2.24) is 4.98 Å². The van der Waals surface area contributed by atoms with Crippen LogP contribution in [0.1, 0.15) is 16.1 Å². The Bertz CT molecular complexity index is 741. The van der Waals surface area contributed by atoms with E-state index in [2.05, 4.69) is 4.98 Å². The number of aromatic amines is 1. The Kier molecular flexibility index (Phi) is 4.10. The third-order valence-electron chi connectivity index (χ3n) is 3.36. The SMILES string of the molecule is Cc1ccc(OCCOC(=O)c2cc3ccccc3[nH]2)cc1. The van der Waals surface area contributed by atoms with Gasteiger partial charge in [0.05, 0.1) is 0 Å². The number of para-hydroxylation sites is 1. The van der Waals surface area contributed by atoms with E-state index in [1.54, 1.807) is 6.07 Å². The summed E-state index contributed by atoms with van der Waals surface area (Å²) >= 11 is 0. The van der Waals surface area contributed by atoms with Gasteiger partial charge < -0.3 is 14.5 Å². The molecule has 0 aliphatic rings. The molecule has 0 aliphatic heterocycles. The number of nitrogens with one attached hydrogen (secondary N) is 1. The van der Waals surface area contributed by atoms with E-state index in [0.29, 0.717) is 12.3 Å². The largest absolute Gasteiger partial charge is 0.490 e. The maximum absolute atomic E-state index is 12.0. The van der Waals surface area contributed by atoms with Gasteiger partial charge in [-0.25, -0.2) is 4.79 Å². The van der Waals surface area contributed by atoms with Crippen LogP contribution in [0.25, 0.3) is 10.9 Å². The zero-order valence-corrected chi connectivity index (χ0v) is 12.3. The van der Waals surface area contributed by atoms with E-state index in [1.165, 1.54) is 5.56 Å². The van der Waals surface area contributed by atoms with Crippen LogP contribution in [-0.4, -0.2) is 24.2 Å². The maximum Gasteiger partial charge on any atom is 0.354 e. The number of carbonyl (C=O) groups excluding carboxylic acids is 1. The second-order valence-electron chi connectivity index (χ2n) is 5.07. The number of ether oxygens (including phenoxy) is 2. The van der Waals surface area contributed by atoms with E-state index in [1.807, 2.05) is 55.5 Å². The molecule has 1 heterocycles. The number of aryl methyl sites for hydroxylation is 1. The van der Waals surface area contributed by atoms with Gasteiger partial charge in [0, 0.05) is 10.9 Å². The van der Waals surface area contributed by atoms with Crippen molar-refractivity contribution in [2.24, 2.45) is 0 Å². The summed E-state index contributed by atoms with van der Waals surface area (Å²) in [6.45, 7) is 2.56. The number of aromatic nitrogens is 1. The van der Waals surface area contributed by atoms with Gasteiger partial charge in [-0.15, -0.1) is 0 Å². The summed E-state index contributed by atoms with van der Waals surface area (Å²) in [7, 11) is 0. The molecule has 112 valence electrons. The maximum atomic E-state index is 12.0. The predicted molar refractivity (Wildman–Crippen MR) is 85.3 cm³/mol. The quantitative estimate of drug-likeness (QED) is 0.576. The molecule has 1 aromatic heterocycles. The van der Waals surface area contributed by atoms with Gasteiger partial charge in [0.15, 0.2) is 0 Å². The number of hydrogen-bond acceptors (Lipinski definition) is 3. The van der Waals surface area contributed by atoms with Crippen molar-refractivity contribution in [3.63, 3.8) is 0 Å². The van der Waals surface area contributed by atoms with Crippen LogP contribution in [0.3, 0.4) is 0 Å². The summed E-state index contributed by atoms with van der Waals surface area (Å²) in [5.41, 5.74) is 2.56. The normalized spacial score (nSPS) is 10.6. The van der Waals surface area contributed by atoms with Crippen LogP contribution in [0.4, 0.5) is 0 Å². The summed E-state index contributed by atoms with van der Waals surface area (Å²) in [6.07, 6.45) is 0. The Hall–Kier alpha value is -2.75. The number of H-pyrrole nitrogens is 1. The smallest absolute Gasteiger partial charge is 0.354 e. The van der Waals surface area contributed by atoms with Gasteiger partial charge in [-0.3, -0.25) is 0 Å². The Balaban J connectivity index is 1.50. The first-order valence-electron chi connectivity index (χ1n) is 7.17. The lowest BCUT2D eigenvalue weighted by molar-refractivity contribution is 0.0445. The number of hydrogen-bond donors (Lipinski definition) is 1. The molecule has 0 saturated carbocycles. The van der Waals surface area contributed by atoms with E-state index >= 15 is 0 Å². The van der Waals surface area contributed by atoms with Crippen molar-refractivity contribution >= 4 is 16.9 Å². The van der Waals surface area contributed by atoms with Crippen molar-refractivity contribution in [1.29, 1.82) is 0 Å². The van der Waals surface area contributed by atoms with Gasteiger partial charge in [-0.05, 0) is 31.2 Å². The van der Waals surface area contributed by atoms with E-state index in [0.717, 1.165) is 16.7 Å². The molecule has 0 saturated heterocycles. The summed E-state index contributed by atoms with van der Waals surface area (Å²) in [5, 5.41) is 0.991. The van der Waals surface area contributed by atoms with Crippen LogP contribution in [0.2, 0.25) is 0 Å². The van der Waals surface area contributed by atoms with Crippen LogP contribution in [0.15, 0.2) is 54.6 Å². The van der Waals surface area contributed by atoms with Gasteiger partial charge in [-0.1, -0.05) is 35.9 Å². The second kappa shape index (κ2) is 6.35. The molecule has 2 aromatic carbocycles. The number of esters is 1. The molecule has 3 aromatic rings. The van der Waals surface area contributed by atoms with Crippen molar-refractivity contribution in [2.45, 2.75) is 6.92 Å². The van der Waals surface area contributed by atoms with Crippen LogP contribution >= 0.6 is 0 Å². The third-order valence-corrected chi connectivity index (χ3v) is 3.36. The minimum atomic E-state index is -0.372. The Labute approximate surface area is 128 Å². The third kappa shape index (κ3) is 3.28. The van der Waals surface area contributed by atoms with Gasteiger partial charge >= 0.3 is 5.97 Å². The van der Waals surface area contributed by atoms with E-state index in [9.17, 15) is 4.79 Å². The summed E-state index contributed by atoms with van der Waals surface area (Å²) in [6, 6.07) is 17.3. The van der Waals surface area contributed by atoms with E-state index in [-0.39, 0.29) is 12.6 Å². The molecule has 22 heavy (non-hydrogen) atoms.